The van der Waals surface area contributed by atoms with Crippen LogP contribution in [0.4, 0.5) is 0 Å². The normalized spacial score (nSPS) is 17.5. The third-order valence-corrected chi connectivity index (χ3v) is 5.73. The number of benzene rings is 1. The maximum atomic E-state index is 12.9. The maximum Gasteiger partial charge on any atom is 0.272 e. The van der Waals surface area contributed by atoms with Crippen molar-refractivity contribution in [2.45, 2.75) is 57.4 Å². The van der Waals surface area contributed by atoms with Crippen molar-refractivity contribution in [3.05, 3.63) is 59.2 Å². The Bertz CT molecular complexity index is 818. The Morgan fingerprint density at radius 2 is 1.56 bits per heavy atom. The Kier molecular flexibility index (Phi) is 5.28. The molecule has 1 fully saturated rings. The molecule has 140 valence electrons. The molecular weight excluding hydrogens is 338 g/mol. The van der Waals surface area contributed by atoms with E-state index in [9.17, 15) is 9.59 Å². The van der Waals surface area contributed by atoms with Crippen molar-refractivity contribution in [3.63, 3.8) is 0 Å². The molecular formula is C22H25N3O2. The highest BCUT2D eigenvalue weighted by Gasteiger charge is 2.27. The van der Waals surface area contributed by atoms with Crippen molar-refractivity contribution < 1.29 is 9.59 Å². The largest absolute Gasteiger partial charge is 0.348 e. The van der Waals surface area contributed by atoms with Crippen molar-refractivity contribution in [1.82, 2.24) is 15.3 Å². The summed E-state index contributed by atoms with van der Waals surface area (Å²) < 4.78 is 0. The van der Waals surface area contributed by atoms with Crippen molar-refractivity contribution in [1.29, 1.82) is 0 Å². The van der Waals surface area contributed by atoms with Gasteiger partial charge in [-0.15, -0.1) is 0 Å². The van der Waals surface area contributed by atoms with Gasteiger partial charge in [-0.2, -0.15) is 0 Å². The van der Waals surface area contributed by atoms with Crippen LogP contribution in [-0.2, 0) is 12.8 Å². The zero-order valence-corrected chi connectivity index (χ0v) is 15.5. The number of carbonyl (C=O) groups excluding carboxylic acids is 2. The van der Waals surface area contributed by atoms with E-state index < -0.39 is 0 Å². The fourth-order valence-electron chi connectivity index (χ4n) is 4.36. The van der Waals surface area contributed by atoms with Gasteiger partial charge >= 0.3 is 0 Å². The zero-order valence-electron chi connectivity index (χ0n) is 15.5. The van der Waals surface area contributed by atoms with Crippen LogP contribution in [0, 0.1) is 5.92 Å². The van der Waals surface area contributed by atoms with Gasteiger partial charge in [-0.1, -0.05) is 43.5 Å². The second-order valence-electron chi connectivity index (χ2n) is 7.73. The Hall–Kier alpha value is -2.56. The molecule has 0 atom stereocenters. The number of nitrogens with zero attached hydrogens (tertiary/aromatic N) is 2. The van der Waals surface area contributed by atoms with Crippen LogP contribution in [-0.4, -0.2) is 27.7 Å². The highest BCUT2D eigenvalue weighted by atomic mass is 16.2. The topological polar surface area (TPSA) is 72.0 Å². The molecule has 1 saturated carbocycles. The van der Waals surface area contributed by atoms with Crippen LogP contribution in [0.2, 0.25) is 0 Å². The van der Waals surface area contributed by atoms with Gasteiger partial charge in [-0.05, 0) is 42.7 Å². The molecule has 1 N–H and O–H groups in total. The first-order valence-electron chi connectivity index (χ1n) is 9.92. The first-order valence-corrected chi connectivity index (χ1v) is 9.92. The standard InChI is InChI=1S/C22H25N3O2/c26-19(14-15-12-16-6-4-5-7-17(16)13-15)20-21(24-11-10-23-20)22(27)25-18-8-2-1-3-9-18/h4-7,10-11,15,18H,1-3,8-9,12-14H2,(H,25,27). The molecule has 5 nitrogen and oxygen atoms in total. The summed E-state index contributed by atoms with van der Waals surface area (Å²) >= 11 is 0. The summed E-state index contributed by atoms with van der Waals surface area (Å²) in [5, 5.41) is 3.04. The molecule has 1 aromatic heterocycles. The SMILES string of the molecule is O=C(CC1Cc2ccccc2C1)c1nccnc1C(=O)NC1CCCCC1. The summed E-state index contributed by atoms with van der Waals surface area (Å²) in [4.78, 5) is 34.0. The number of amides is 1. The predicted octanol–water partition coefficient (Wildman–Crippen LogP) is 3.53. The number of ketones is 1. The molecule has 0 bridgehead atoms. The van der Waals surface area contributed by atoms with Crippen molar-refractivity contribution in [3.8, 4) is 0 Å². The van der Waals surface area contributed by atoms with Gasteiger partial charge in [0.25, 0.3) is 5.91 Å². The van der Waals surface area contributed by atoms with Crippen LogP contribution in [0.1, 0.15) is 70.6 Å². The number of nitrogens with one attached hydrogen (secondary N) is 1. The molecule has 0 unspecified atom stereocenters. The third-order valence-electron chi connectivity index (χ3n) is 5.73. The Balaban J connectivity index is 1.44. The molecule has 2 aliphatic carbocycles. The van der Waals surface area contributed by atoms with Gasteiger partial charge in [0.15, 0.2) is 11.5 Å². The number of rotatable bonds is 5. The molecule has 1 amide bonds. The van der Waals surface area contributed by atoms with Crippen LogP contribution in [0.3, 0.4) is 0 Å². The minimum Gasteiger partial charge on any atom is -0.348 e. The van der Waals surface area contributed by atoms with E-state index in [1.807, 2.05) is 12.1 Å². The molecule has 0 spiro atoms. The minimum absolute atomic E-state index is 0.0882. The number of Topliss-reactive ketones (excluding diaryl/α,β-unsaturated/α-hetero) is 1. The highest BCUT2D eigenvalue weighted by molar-refractivity contribution is 6.05. The predicted molar refractivity (Wildman–Crippen MR) is 103 cm³/mol. The molecule has 4 rings (SSSR count). The molecule has 0 saturated heterocycles. The summed E-state index contributed by atoms with van der Waals surface area (Å²) in [5.74, 6) is -0.0890. The number of hydrogen-bond donors (Lipinski definition) is 1. The number of hydrogen-bond acceptors (Lipinski definition) is 4. The van der Waals surface area contributed by atoms with Crippen molar-refractivity contribution in [2.24, 2.45) is 5.92 Å². The van der Waals surface area contributed by atoms with E-state index in [1.54, 1.807) is 0 Å². The lowest BCUT2D eigenvalue weighted by Crippen LogP contribution is -2.37. The molecule has 2 aliphatic rings. The minimum atomic E-state index is -0.270. The smallest absolute Gasteiger partial charge is 0.272 e. The van der Waals surface area contributed by atoms with E-state index in [4.69, 9.17) is 0 Å². The van der Waals surface area contributed by atoms with E-state index in [-0.39, 0.29) is 35.0 Å². The summed E-state index contributed by atoms with van der Waals surface area (Å²) in [6.45, 7) is 0. The number of aromatic nitrogens is 2. The van der Waals surface area contributed by atoms with Crippen LogP contribution < -0.4 is 5.32 Å². The third kappa shape index (κ3) is 4.07. The fraction of sp³-hybridized carbons (Fsp3) is 0.455. The summed E-state index contributed by atoms with van der Waals surface area (Å²) in [6, 6.07) is 8.52. The number of fused-ring (bicyclic) bond motifs is 1. The van der Waals surface area contributed by atoms with Crippen molar-refractivity contribution in [2.75, 3.05) is 0 Å². The van der Waals surface area contributed by atoms with E-state index in [0.717, 1.165) is 38.5 Å². The molecule has 1 aromatic carbocycles. The van der Waals surface area contributed by atoms with Gasteiger partial charge in [0.2, 0.25) is 0 Å². The lowest BCUT2D eigenvalue weighted by Gasteiger charge is -2.22. The lowest BCUT2D eigenvalue weighted by molar-refractivity contribution is 0.0898. The monoisotopic (exact) mass is 363 g/mol. The van der Waals surface area contributed by atoms with E-state index in [0.29, 0.717) is 6.42 Å². The summed E-state index contributed by atoms with van der Waals surface area (Å²) in [6.07, 6.45) is 10.7. The van der Waals surface area contributed by atoms with Gasteiger partial charge in [-0.25, -0.2) is 9.97 Å². The van der Waals surface area contributed by atoms with Crippen LogP contribution in [0.25, 0.3) is 0 Å². The Labute approximate surface area is 159 Å². The van der Waals surface area contributed by atoms with Gasteiger partial charge in [0.05, 0.1) is 0 Å². The average molecular weight is 363 g/mol. The molecule has 27 heavy (non-hydrogen) atoms. The Morgan fingerprint density at radius 3 is 2.22 bits per heavy atom. The van der Waals surface area contributed by atoms with Gasteiger partial charge in [-0.3, -0.25) is 9.59 Å². The van der Waals surface area contributed by atoms with Gasteiger partial charge < -0.3 is 5.32 Å². The second-order valence-corrected chi connectivity index (χ2v) is 7.73. The molecule has 0 aliphatic heterocycles. The molecule has 0 radical (unpaired) electrons. The van der Waals surface area contributed by atoms with Crippen LogP contribution in [0.5, 0.6) is 0 Å². The maximum absolute atomic E-state index is 12.9. The van der Waals surface area contributed by atoms with E-state index >= 15 is 0 Å². The summed E-state index contributed by atoms with van der Waals surface area (Å²) in [5.41, 5.74) is 3.03. The quantitative estimate of drug-likeness (QED) is 0.825. The van der Waals surface area contributed by atoms with Gasteiger partial charge in [0.1, 0.15) is 5.69 Å². The Morgan fingerprint density at radius 1 is 0.926 bits per heavy atom. The average Bonchev–Trinajstić information content (AvgIpc) is 3.11. The van der Waals surface area contributed by atoms with Crippen LogP contribution in [0.15, 0.2) is 36.7 Å². The first kappa shape index (κ1) is 17.8. The zero-order chi connectivity index (χ0) is 18.6. The van der Waals surface area contributed by atoms with Gasteiger partial charge in [0, 0.05) is 24.9 Å². The number of carbonyl (C=O) groups is 2. The molecule has 5 heteroatoms. The lowest BCUT2D eigenvalue weighted by atomic mass is 9.95. The van der Waals surface area contributed by atoms with Crippen molar-refractivity contribution >= 4 is 11.7 Å². The molecule has 1 heterocycles. The van der Waals surface area contributed by atoms with E-state index in [1.165, 1.54) is 29.9 Å². The highest BCUT2D eigenvalue weighted by Crippen LogP contribution is 2.29. The second kappa shape index (κ2) is 7.99. The van der Waals surface area contributed by atoms with Crippen LogP contribution >= 0.6 is 0 Å². The summed E-state index contributed by atoms with van der Waals surface area (Å²) in [7, 11) is 0. The fourth-order valence-corrected chi connectivity index (χ4v) is 4.36. The first-order chi connectivity index (χ1) is 13.2. The van der Waals surface area contributed by atoms with E-state index in [2.05, 4.69) is 27.4 Å². The molecule has 2 aromatic rings.